The molecule has 0 unspecified atom stereocenters. The van der Waals surface area contributed by atoms with Crippen molar-refractivity contribution in [3.8, 4) is 28.6 Å². The molecule has 0 saturated heterocycles. The zero-order valence-electron chi connectivity index (χ0n) is 10.7. The van der Waals surface area contributed by atoms with E-state index >= 15 is 0 Å². The number of para-hydroxylation sites is 1. The lowest BCUT2D eigenvalue weighted by Crippen LogP contribution is -1.86. The van der Waals surface area contributed by atoms with Gasteiger partial charge in [0, 0.05) is 0 Å². The molecule has 3 aromatic rings. The Bertz CT molecular complexity index is 768. The third-order valence-corrected chi connectivity index (χ3v) is 3.01. The average molecular weight is 270 g/mol. The van der Waals surface area contributed by atoms with E-state index in [1.54, 1.807) is 43.3 Å². The van der Waals surface area contributed by atoms with Crippen LogP contribution in [0.3, 0.4) is 0 Å². The fourth-order valence-corrected chi connectivity index (χ4v) is 1.92. The van der Waals surface area contributed by atoms with Gasteiger partial charge in [0.15, 0.2) is 0 Å². The molecule has 0 spiro atoms. The van der Waals surface area contributed by atoms with Crippen LogP contribution in [0.5, 0.6) is 5.75 Å². The van der Waals surface area contributed by atoms with Crippen molar-refractivity contribution in [1.29, 1.82) is 0 Å². The molecular formula is C15H11FN2O2. The van der Waals surface area contributed by atoms with Crippen molar-refractivity contribution in [2.24, 2.45) is 0 Å². The minimum absolute atomic E-state index is 0.0824. The topological polar surface area (TPSA) is 59.2 Å². The SMILES string of the molecule is Cc1cccc(-c2noc(-c3ccccc3F)n2)c1O. The summed E-state index contributed by atoms with van der Waals surface area (Å²) >= 11 is 0. The number of benzene rings is 2. The zero-order valence-corrected chi connectivity index (χ0v) is 10.7. The van der Waals surface area contributed by atoms with Crippen molar-refractivity contribution in [3.63, 3.8) is 0 Å². The maximum atomic E-state index is 13.7. The van der Waals surface area contributed by atoms with Crippen molar-refractivity contribution in [2.75, 3.05) is 0 Å². The van der Waals surface area contributed by atoms with Gasteiger partial charge in [-0.05, 0) is 30.7 Å². The summed E-state index contributed by atoms with van der Waals surface area (Å²) in [5.74, 6) is -0.0343. The predicted octanol–water partition coefficient (Wildman–Crippen LogP) is 3.56. The van der Waals surface area contributed by atoms with Gasteiger partial charge < -0.3 is 9.63 Å². The van der Waals surface area contributed by atoms with E-state index in [0.717, 1.165) is 0 Å². The van der Waals surface area contributed by atoms with Crippen LogP contribution in [0.4, 0.5) is 4.39 Å². The van der Waals surface area contributed by atoms with E-state index in [1.165, 1.54) is 6.07 Å². The smallest absolute Gasteiger partial charge is 0.261 e. The van der Waals surface area contributed by atoms with E-state index in [2.05, 4.69) is 10.1 Å². The number of aromatic hydroxyl groups is 1. The number of halogens is 1. The number of hydrogen-bond donors (Lipinski definition) is 1. The first-order valence-electron chi connectivity index (χ1n) is 6.04. The lowest BCUT2D eigenvalue weighted by molar-refractivity contribution is 0.428. The Morgan fingerprint density at radius 2 is 1.80 bits per heavy atom. The largest absolute Gasteiger partial charge is 0.507 e. The van der Waals surface area contributed by atoms with Gasteiger partial charge in [-0.3, -0.25) is 0 Å². The van der Waals surface area contributed by atoms with Crippen LogP contribution in [0.25, 0.3) is 22.8 Å². The van der Waals surface area contributed by atoms with Crippen LogP contribution in [0, 0.1) is 12.7 Å². The number of hydrogen-bond acceptors (Lipinski definition) is 4. The van der Waals surface area contributed by atoms with Gasteiger partial charge in [-0.15, -0.1) is 0 Å². The minimum Gasteiger partial charge on any atom is -0.507 e. The van der Waals surface area contributed by atoms with E-state index in [9.17, 15) is 9.50 Å². The molecule has 20 heavy (non-hydrogen) atoms. The molecule has 0 aliphatic rings. The Morgan fingerprint density at radius 3 is 2.60 bits per heavy atom. The first-order chi connectivity index (χ1) is 9.66. The molecule has 5 heteroatoms. The van der Waals surface area contributed by atoms with Crippen LogP contribution in [0.2, 0.25) is 0 Å². The first-order valence-corrected chi connectivity index (χ1v) is 6.04. The third kappa shape index (κ3) is 2.03. The maximum absolute atomic E-state index is 13.7. The van der Waals surface area contributed by atoms with Crippen molar-refractivity contribution < 1.29 is 14.0 Å². The molecule has 0 saturated carbocycles. The van der Waals surface area contributed by atoms with Gasteiger partial charge >= 0.3 is 0 Å². The molecule has 2 aromatic carbocycles. The molecule has 1 aromatic heterocycles. The standard InChI is InChI=1S/C15H11FN2O2/c1-9-5-4-7-11(13(9)19)14-17-15(20-18-14)10-6-2-3-8-12(10)16/h2-8,19H,1H3. The van der Waals surface area contributed by atoms with E-state index in [1.807, 2.05) is 0 Å². The number of phenols is 1. The lowest BCUT2D eigenvalue weighted by atomic mass is 10.1. The van der Waals surface area contributed by atoms with Gasteiger partial charge in [0.1, 0.15) is 11.6 Å². The van der Waals surface area contributed by atoms with Crippen LogP contribution in [-0.4, -0.2) is 15.2 Å². The third-order valence-electron chi connectivity index (χ3n) is 3.01. The highest BCUT2D eigenvalue weighted by molar-refractivity contribution is 5.67. The second-order valence-electron chi connectivity index (χ2n) is 4.37. The quantitative estimate of drug-likeness (QED) is 0.773. The second kappa shape index (κ2) is 4.77. The molecular weight excluding hydrogens is 259 g/mol. The summed E-state index contributed by atoms with van der Waals surface area (Å²) in [5, 5.41) is 13.8. The molecule has 0 atom stereocenters. The van der Waals surface area contributed by atoms with Crippen molar-refractivity contribution in [1.82, 2.24) is 10.1 Å². The van der Waals surface area contributed by atoms with Crippen LogP contribution in [0.15, 0.2) is 47.0 Å². The predicted molar refractivity (Wildman–Crippen MR) is 71.5 cm³/mol. The number of aryl methyl sites for hydroxylation is 1. The lowest BCUT2D eigenvalue weighted by Gasteiger charge is -2.01. The van der Waals surface area contributed by atoms with Gasteiger partial charge in [-0.25, -0.2) is 4.39 Å². The van der Waals surface area contributed by atoms with Crippen molar-refractivity contribution in [3.05, 3.63) is 53.8 Å². The number of rotatable bonds is 2. The fraction of sp³-hybridized carbons (Fsp3) is 0.0667. The summed E-state index contributed by atoms with van der Waals surface area (Å²) in [6.07, 6.45) is 0. The molecule has 1 heterocycles. The molecule has 1 N–H and O–H groups in total. The summed E-state index contributed by atoms with van der Waals surface area (Å²) in [6.45, 7) is 1.77. The number of aromatic nitrogens is 2. The Labute approximate surface area is 114 Å². The van der Waals surface area contributed by atoms with Gasteiger partial charge in [0.25, 0.3) is 5.89 Å². The number of phenolic OH excluding ortho intramolecular Hbond substituents is 1. The fourth-order valence-electron chi connectivity index (χ4n) is 1.92. The van der Waals surface area contributed by atoms with E-state index in [-0.39, 0.29) is 23.0 Å². The van der Waals surface area contributed by atoms with Crippen molar-refractivity contribution in [2.45, 2.75) is 6.92 Å². The average Bonchev–Trinajstić information content (AvgIpc) is 2.92. The van der Waals surface area contributed by atoms with Crippen LogP contribution in [-0.2, 0) is 0 Å². The van der Waals surface area contributed by atoms with Gasteiger partial charge in [0.2, 0.25) is 5.82 Å². The highest BCUT2D eigenvalue weighted by Gasteiger charge is 2.16. The van der Waals surface area contributed by atoms with Gasteiger partial charge in [-0.2, -0.15) is 4.98 Å². The summed E-state index contributed by atoms with van der Waals surface area (Å²) in [5.41, 5.74) is 1.40. The van der Waals surface area contributed by atoms with E-state index in [0.29, 0.717) is 11.1 Å². The van der Waals surface area contributed by atoms with Crippen LogP contribution < -0.4 is 0 Å². The zero-order chi connectivity index (χ0) is 14.1. The Kier molecular flexibility index (Phi) is 2.95. The summed E-state index contributed by atoms with van der Waals surface area (Å²) in [6, 6.07) is 11.4. The Hall–Kier alpha value is -2.69. The van der Waals surface area contributed by atoms with E-state index < -0.39 is 5.82 Å². The molecule has 0 radical (unpaired) electrons. The minimum atomic E-state index is -0.434. The van der Waals surface area contributed by atoms with Crippen LogP contribution in [0.1, 0.15) is 5.56 Å². The molecule has 100 valence electrons. The summed E-state index contributed by atoms with van der Waals surface area (Å²) < 4.78 is 18.7. The maximum Gasteiger partial charge on any atom is 0.261 e. The van der Waals surface area contributed by atoms with Gasteiger partial charge in [-0.1, -0.05) is 29.4 Å². The Balaban J connectivity index is 2.07. The molecule has 0 aliphatic heterocycles. The van der Waals surface area contributed by atoms with E-state index in [4.69, 9.17) is 4.52 Å². The van der Waals surface area contributed by atoms with Gasteiger partial charge in [0.05, 0.1) is 11.1 Å². The molecule has 0 amide bonds. The highest BCUT2D eigenvalue weighted by atomic mass is 19.1. The summed E-state index contributed by atoms with van der Waals surface area (Å²) in [7, 11) is 0. The highest BCUT2D eigenvalue weighted by Crippen LogP contribution is 2.31. The van der Waals surface area contributed by atoms with Crippen molar-refractivity contribution >= 4 is 0 Å². The Morgan fingerprint density at radius 1 is 1.05 bits per heavy atom. The first kappa shape index (κ1) is 12.3. The summed E-state index contributed by atoms with van der Waals surface area (Å²) in [4.78, 5) is 4.14. The second-order valence-corrected chi connectivity index (χ2v) is 4.37. The normalized spacial score (nSPS) is 10.7. The molecule has 0 fully saturated rings. The van der Waals surface area contributed by atoms with Crippen LogP contribution >= 0.6 is 0 Å². The molecule has 0 aliphatic carbocycles. The molecule has 3 rings (SSSR count). The molecule has 4 nitrogen and oxygen atoms in total. The molecule has 0 bridgehead atoms. The monoisotopic (exact) mass is 270 g/mol. The number of nitrogens with zero attached hydrogens (tertiary/aromatic N) is 2.